The summed E-state index contributed by atoms with van der Waals surface area (Å²) in [6.07, 6.45) is -1.32. The number of nitrogens with zero attached hydrogens (tertiary/aromatic N) is 2. The lowest BCUT2D eigenvalue weighted by atomic mass is 10.2. The predicted molar refractivity (Wildman–Crippen MR) is 62.0 cm³/mol. The van der Waals surface area contributed by atoms with Crippen LogP contribution in [0.5, 0.6) is 0 Å². The Morgan fingerprint density at radius 1 is 1.29 bits per heavy atom. The van der Waals surface area contributed by atoms with Crippen molar-refractivity contribution in [2.24, 2.45) is 0 Å². The molecule has 0 aromatic carbocycles. The molecule has 1 rings (SSSR count). The third-order valence-electron chi connectivity index (χ3n) is 2.52. The molecule has 0 radical (unpaired) electrons. The van der Waals surface area contributed by atoms with Crippen molar-refractivity contribution in [1.29, 1.82) is 0 Å². The van der Waals surface area contributed by atoms with E-state index in [4.69, 9.17) is 9.84 Å². The maximum absolute atomic E-state index is 11.8. The van der Waals surface area contributed by atoms with E-state index < -0.39 is 11.7 Å². The molecule has 1 fully saturated rings. The minimum absolute atomic E-state index is 0.200. The van der Waals surface area contributed by atoms with Gasteiger partial charge in [0.15, 0.2) is 0 Å². The van der Waals surface area contributed by atoms with Crippen molar-refractivity contribution in [3.8, 4) is 0 Å². The van der Waals surface area contributed by atoms with Gasteiger partial charge in [-0.05, 0) is 27.7 Å². The average molecular weight is 244 g/mol. The maximum Gasteiger partial charge on any atom is 0.410 e. The molecule has 1 aliphatic rings. The number of carbonyl (C=O) groups is 2. The minimum Gasteiger partial charge on any atom is -0.465 e. The molecular formula is C11H20N2O4. The van der Waals surface area contributed by atoms with E-state index in [2.05, 4.69) is 0 Å². The molecule has 0 unspecified atom stereocenters. The van der Waals surface area contributed by atoms with Crippen LogP contribution in [0.2, 0.25) is 0 Å². The zero-order valence-electron chi connectivity index (χ0n) is 10.8. The van der Waals surface area contributed by atoms with Gasteiger partial charge in [-0.3, -0.25) is 0 Å². The van der Waals surface area contributed by atoms with Gasteiger partial charge in [-0.15, -0.1) is 0 Å². The topological polar surface area (TPSA) is 70.1 Å². The quantitative estimate of drug-likeness (QED) is 0.702. The Bertz CT molecular complexity index is 311. The molecule has 17 heavy (non-hydrogen) atoms. The van der Waals surface area contributed by atoms with Crippen LogP contribution in [0.4, 0.5) is 9.59 Å². The third kappa shape index (κ3) is 3.80. The fourth-order valence-corrected chi connectivity index (χ4v) is 1.73. The van der Waals surface area contributed by atoms with Crippen LogP contribution in [-0.2, 0) is 4.74 Å². The van der Waals surface area contributed by atoms with Gasteiger partial charge in [0, 0.05) is 19.6 Å². The van der Waals surface area contributed by atoms with Crippen LogP contribution in [0.3, 0.4) is 0 Å². The highest BCUT2D eigenvalue weighted by atomic mass is 16.6. The molecular weight excluding hydrogens is 224 g/mol. The van der Waals surface area contributed by atoms with Crippen molar-refractivity contribution in [2.75, 3.05) is 19.6 Å². The first-order valence-corrected chi connectivity index (χ1v) is 5.68. The molecule has 0 saturated carbocycles. The number of ether oxygens (including phenoxy) is 1. The molecule has 1 heterocycles. The van der Waals surface area contributed by atoms with Crippen LogP contribution in [-0.4, -0.2) is 58.4 Å². The fourth-order valence-electron chi connectivity index (χ4n) is 1.73. The Kier molecular flexibility index (Phi) is 3.85. The maximum atomic E-state index is 11.8. The van der Waals surface area contributed by atoms with Crippen LogP contribution >= 0.6 is 0 Å². The SMILES string of the molecule is C[C@@H]1CN(C(=O)OC(C)(C)C)CCN1C(=O)O. The van der Waals surface area contributed by atoms with E-state index in [9.17, 15) is 9.59 Å². The molecule has 1 aliphatic heterocycles. The van der Waals surface area contributed by atoms with Crippen molar-refractivity contribution in [2.45, 2.75) is 39.3 Å². The molecule has 0 aromatic heterocycles. The highest BCUT2D eigenvalue weighted by Gasteiger charge is 2.31. The number of piperazine rings is 1. The molecule has 1 N–H and O–H groups in total. The number of hydrogen-bond acceptors (Lipinski definition) is 3. The summed E-state index contributed by atoms with van der Waals surface area (Å²) in [4.78, 5) is 25.5. The van der Waals surface area contributed by atoms with E-state index in [1.165, 1.54) is 4.90 Å². The lowest BCUT2D eigenvalue weighted by Crippen LogP contribution is -2.55. The lowest BCUT2D eigenvalue weighted by molar-refractivity contribution is 0.00719. The summed E-state index contributed by atoms with van der Waals surface area (Å²) in [7, 11) is 0. The van der Waals surface area contributed by atoms with Crippen molar-refractivity contribution in [3.63, 3.8) is 0 Å². The molecule has 0 aromatic rings. The van der Waals surface area contributed by atoms with E-state index in [0.717, 1.165) is 0 Å². The number of carbonyl (C=O) groups excluding carboxylic acids is 1. The van der Waals surface area contributed by atoms with Crippen molar-refractivity contribution in [1.82, 2.24) is 9.80 Å². The summed E-state index contributed by atoms with van der Waals surface area (Å²) in [5.74, 6) is 0. The van der Waals surface area contributed by atoms with Gasteiger partial charge in [0.25, 0.3) is 0 Å². The predicted octanol–water partition coefficient (Wildman–Crippen LogP) is 1.61. The number of carboxylic acid groups (broad SMARTS) is 1. The van der Waals surface area contributed by atoms with E-state index in [1.807, 2.05) is 20.8 Å². The summed E-state index contributed by atoms with van der Waals surface area (Å²) in [6.45, 7) is 8.29. The van der Waals surface area contributed by atoms with Gasteiger partial charge >= 0.3 is 12.2 Å². The van der Waals surface area contributed by atoms with Gasteiger partial charge < -0.3 is 19.6 Å². The number of amides is 2. The van der Waals surface area contributed by atoms with Gasteiger partial charge in [-0.1, -0.05) is 0 Å². The van der Waals surface area contributed by atoms with E-state index in [0.29, 0.717) is 19.6 Å². The van der Waals surface area contributed by atoms with Gasteiger partial charge in [-0.2, -0.15) is 0 Å². The zero-order chi connectivity index (χ0) is 13.2. The van der Waals surface area contributed by atoms with Crippen LogP contribution in [0.25, 0.3) is 0 Å². The summed E-state index contributed by atoms with van der Waals surface area (Å²) in [5, 5.41) is 8.91. The number of hydrogen-bond donors (Lipinski definition) is 1. The molecule has 6 heteroatoms. The summed E-state index contributed by atoms with van der Waals surface area (Å²) < 4.78 is 5.24. The summed E-state index contributed by atoms with van der Waals surface area (Å²) >= 11 is 0. The molecule has 0 spiro atoms. The second kappa shape index (κ2) is 4.81. The van der Waals surface area contributed by atoms with Gasteiger partial charge in [-0.25, -0.2) is 9.59 Å². The Morgan fingerprint density at radius 3 is 2.29 bits per heavy atom. The Labute approximate surface area is 101 Å². The second-order valence-corrected chi connectivity index (χ2v) is 5.25. The van der Waals surface area contributed by atoms with Gasteiger partial charge in [0.05, 0.1) is 6.04 Å². The molecule has 6 nitrogen and oxygen atoms in total. The van der Waals surface area contributed by atoms with Crippen LogP contribution in [0.15, 0.2) is 0 Å². The first kappa shape index (κ1) is 13.6. The zero-order valence-corrected chi connectivity index (χ0v) is 10.8. The Morgan fingerprint density at radius 2 is 1.88 bits per heavy atom. The van der Waals surface area contributed by atoms with Crippen LogP contribution < -0.4 is 0 Å². The largest absolute Gasteiger partial charge is 0.465 e. The first-order chi connectivity index (χ1) is 7.70. The minimum atomic E-state index is -0.943. The molecule has 2 amide bonds. The third-order valence-corrected chi connectivity index (χ3v) is 2.52. The van der Waals surface area contributed by atoms with E-state index in [1.54, 1.807) is 11.8 Å². The second-order valence-electron chi connectivity index (χ2n) is 5.25. The Hall–Kier alpha value is -1.46. The molecule has 1 atom stereocenters. The van der Waals surface area contributed by atoms with Crippen molar-refractivity contribution in [3.05, 3.63) is 0 Å². The standard InChI is InChI=1S/C11H20N2O4/c1-8-7-12(5-6-13(8)9(14)15)10(16)17-11(2,3)4/h8H,5-7H2,1-4H3,(H,14,15)/t8-/m1/s1. The Balaban J connectivity index is 2.55. The summed E-state index contributed by atoms with van der Waals surface area (Å²) in [6, 6.07) is -0.200. The highest BCUT2D eigenvalue weighted by molar-refractivity contribution is 5.70. The van der Waals surface area contributed by atoms with E-state index >= 15 is 0 Å². The lowest BCUT2D eigenvalue weighted by Gasteiger charge is -2.38. The van der Waals surface area contributed by atoms with Gasteiger partial charge in [0.1, 0.15) is 5.60 Å². The van der Waals surface area contributed by atoms with E-state index in [-0.39, 0.29) is 12.1 Å². The van der Waals surface area contributed by atoms with Crippen molar-refractivity contribution < 1.29 is 19.4 Å². The monoisotopic (exact) mass is 244 g/mol. The smallest absolute Gasteiger partial charge is 0.410 e. The molecule has 0 bridgehead atoms. The fraction of sp³-hybridized carbons (Fsp3) is 0.818. The normalized spacial score (nSPS) is 21.3. The summed E-state index contributed by atoms with van der Waals surface area (Å²) in [5.41, 5.74) is -0.524. The molecule has 1 saturated heterocycles. The molecule has 98 valence electrons. The van der Waals surface area contributed by atoms with Crippen molar-refractivity contribution >= 4 is 12.2 Å². The first-order valence-electron chi connectivity index (χ1n) is 5.68. The highest BCUT2D eigenvalue weighted by Crippen LogP contribution is 2.14. The van der Waals surface area contributed by atoms with Gasteiger partial charge in [0.2, 0.25) is 0 Å². The van der Waals surface area contributed by atoms with Crippen LogP contribution in [0, 0.1) is 0 Å². The van der Waals surface area contributed by atoms with Crippen LogP contribution in [0.1, 0.15) is 27.7 Å². The molecule has 0 aliphatic carbocycles. The number of rotatable bonds is 0. The average Bonchev–Trinajstić information content (AvgIpc) is 2.14.